The van der Waals surface area contributed by atoms with Gasteiger partial charge in [0.15, 0.2) is 11.9 Å². The number of aldehydes is 1. The molecule has 0 amide bonds. The van der Waals surface area contributed by atoms with Gasteiger partial charge in [-0.15, -0.1) is 0 Å². The van der Waals surface area contributed by atoms with Crippen LogP contribution in [0, 0.1) is 5.82 Å². The van der Waals surface area contributed by atoms with Gasteiger partial charge in [0.1, 0.15) is 17.2 Å². The summed E-state index contributed by atoms with van der Waals surface area (Å²) in [5.41, 5.74) is 3.73. The smallest absolute Gasteiger partial charge is 0.170 e. The van der Waals surface area contributed by atoms with Crippen molar-refractivity contribution < 1.29 is 14.3 Å². The van der Waals surface area contributed by atoms with Crippen molar-refractivity contribution >= 4 is 11.9 Å². The molecular weight excluding hydrogens is 361 g/mol. The molecule has 5 rings (SSSR count). The highest BCUT2D eigenvalue weighted by Gasteiger charge is 2.32. The van der Waals surface area contributed by atoms with Gasteiger partial charge in [-0.05, 0) is 49.2 Å². The van der Waals surface area contributed by atoms with Crippen LogP contribution in [0.5, 0.6) is 0 Å². The number of benzene rings is 1. The van der Waals surface area contributed by atoms with Gasteiger partial charge in [-0.2, -0.15) is 5.10 Å². The van der Waals surface area contributed by atoms with E-state index in [2.05, 4.69) is 15.1 Å². The third-order valence-electron chi connectivity index (χ3n) is 5.15. The van der Waals surface area contributed by atoms with E-state index in [9.17, 15) is 14.3 Å². The quantitative estimate of drug-likeness (QED) is 0.553. The van der Waals surface area contributed by atoms with Crippen molar-refractivity contribution in [1.82, 2.24) is 24.1 Å². The number of aliphatic hydroxyl groups excluding tert-OH is 1. The van der Waals surface area contributed by atoms with E-state index in [1.54, 1.807) is 24.5 Å². The first kappa shape index (κ1) is 16.8. The average molecular weight is 377 g/mol. The molecule has 1 N–H and O–H groups in total. The van der Waals surface area contributed by atoms with Gasteiger partial charge in [0.05, 0.1) is 30.0 Å². The number of nitrogens with zero attached hydrogens (tertiary/aromatic N) is 5. The van der Waals surface area contributed by atoms with Crippen LogP contribution in [0.25, 0.3) is 28.3 Å². The van der Waals surface area contributed by atoms with E-state index < -0.39 is 0 Å². The lowest BCUT2D eigenvalue weighted by molar-refractivity contribution is 0.0491. The third kappa shape index (κ3) is 2.61. The second kappa shape index (κ2) is 6.35. The number of aliphatic hydroxyl groups is 1. The van der Waals surface area contributed by atoms with E-state index in [1.807, 2.05) is 10.6 Å². The van der Waals surface area contributed by atoms with E-state index in [4.69, 9.17) is 0 Å². The molecular formula is C20H16FN5O2. The molecule has 4 aromatic rings. The summed E-state index contributed by atoms with van der Waals surface area (Å²) in [6.07, 6.45) is 4.86. The van der Waals surface area contributed by atoms with Gasteiger partial charge < -0.3 is 9.67 Å². The molecule has 140 valence electrons. The summed E-state index contributed by atoms with van der Waals surface area (Å²) in [6, 6.07) is 9.85. The first-order valence-electron chi connectivity index (χ1n) is 8.95. The van der Waals surface area contributed by atoms with Gasteiger partial charge in [0.25, 0.3) is 0 Å². The van der Waals surface area contributed by atoms with Crippen molar-refractivity contribution in [2.75, 3.05) is 0 Å². The highest BCUT2D eigenvalue weighted by Crippen LogP contribution is 2.39. The Labute approximate surface area is 159 Å². The van der Waals surface area contributed by atoms with Crippen LogP contribution >= 0.6 is 0 Å². The van der Waals surface area contributed by atoms with Gasteiger partial charge >= 0.3 is 0 Å². The molecule has 28 heavy (non-hydrogen) atoms. The zero-order valence-electron chi connectivity index (χ0n) is 14.7. The zero-order valence-corrected chi connectivity index (χ0v) is 14.7. The first-order chi connectivity index (χ1) is 13.6. The van der Waals surface area contributed by atoms with Gasteiger partial charge in [-0.1, -0.05) is 0 Å². The Kier molecular flexibility index (Phi) is 3.80. The number of aromatic nitrogens is 5. The Bertz CT molecular complexity index is 1180. The molecule has 0 saturated heterocycles. The molecule has 3 aromatic heterocycles. The van der Waals surface area contributed by atoms with E-state index in [0.717, 1.165) is 11.3 Å². The van der Waals surface area contributed by atoms with E-state index >= 15 is 0 Å². The van der Waals surface area contributed by atoms with Crippen molar-refractivity contribution in [1.29, 1.82) is 0 Å². The van der Waals surface area contributed by atoms with Crippen molar-refractivity contribution in [3.8, 4) is 22.6 Å². The second-order valence-corrected chi connectivity index (χ2v) is 6.92. The van der Waals surface area contributed by atoms with Gasteiger partial charge in [0, 0.05) is 11.6 Å². The first-order valence-corrected chi connectivity index (χ1v) is 8.95. The van der Waals surface area contributed by atoms with Crippen LogP contribution in [0.15, 0.2) is 48.9 Å². The van der Waals surface area contributed by atoms with Crippen LogP contribution < -0.4 is 0 Å². The molecule has 3 heterocycles. The molecule has 0 bridgehead atoms. The van der Waals surface area contributed by atoms with Crippen molar-refractivity contribution in [2.45, 2.75) is 25.0 Å². The molecule has 7 nitrogen and oxygen atoms in total. The minimum Gasteiger partial charge on any atom is -0.393 e. The maximum atomic E-state index is 13.4. The highest BCUT2D eigenvalue weighted by molar-refractivity contribution is 5.78. The molecule has 1 saturated carbocycles. The minimum absolute atomic E-state index is 0.109. The molecule has 1 fully saturated rings. The van der Waals surface area contributed by atoms with Crippen LogP contribution in [0.2, 0.25) is 0 Å². The fourth-order valence-electron chi connectivity index (χ4n) is 3.59. The summed E-state index contributed by atoms with van der Waals surface area (Å²) in [7, 11) is 0. The Balaban J connectivity index is 1.70. The summed E-state index contributed by atoms with van der Waals surface area (Å²) >= 11 is 0. The molecule has 0 unspecified atom stereocenters. The van der Waals surface area contributed by atoms with Crippen molar-refractivity contribution in [2.24, 2.45) is 0 Å². The summed E-state index contributed by atoms with van der Waals surface area (Å²) in [6.45, 7) is 0. The Morgan fingerprint density at radius 2 is 1.89 bits per heavy atom. The fourth-order valence-corrected chi connectivity index (χ4v) is 3.59. The molecule has 1 aliphatic carbocycles. The molecule has 1 aliphatic rings. The fraction of sp³-hybridized carbons (Fsp3) is 0.200. The van der Waals surface area contributed by atoms with Crippen LogP contribution in [0.1, 0.15) is 29.4 Å². The van der Waals surface area contributed by atoms with E-state index in [1.165, 1.54) is 22.8 Å². The maximum absolute atomic E-state index is 13.4. The number of rotatable bonds is 4. The number of fused-ring (bicyclic) bond motifs is 1. The Morgan fingerprint density at radius 1 is 1.11 bits per heavy atom. The predicted molar refractivity (Wildman–Crippen MR) is 99.3 cm³/mol. The number of imidazole rings is 2. The van der Waals surface area contributed by atoms with Crippen LogP contribution in [0.4, 0.5) is 4.39 Å². The number of halogens is 1. The second-order valence-electron chi connectivity index (χ2n) is 6.92. The Hall–Kier alpha value is -3.39. The van der Waals surface area contributed by atoms with Gasteiger partial charge in [-0.25, -0.2) is 18.9 Å². The van der Waals surface area contributed by atoms with Crippen LogP contribution in [-0.2, 0) is 0 Å². The Morgan fingerprint density at radius 3 is 2.61 bits per heavy atom. The molecule has 1 aromatic carbocycles. The normalized spacial score (nSPS) is 18.9. The van der Waals surface area contributed by atoms with Crippen molar-refractivity contribution in [3.05, 3.63) is 60.4 Å². The van der Waals surface area contributed by atoms with Gasteiger partial charge in [0.2, 0.25) is 0 Å². The number of carbonyl (C=O) groups excluding carboxylic acids is 1. The SMILES string of the molecule is O=Cc1cnc2ccc(-c3c(-c4ccc(F)cc4)ncn3C3CC(O)C3)nn12. The molecule has 0 radical (unpaired) electrons. The maximum Gasteiger partial charge on any atom is 0.170 e. The van der Waals surface area contributed by atoms with Crippen LogP contribution in [-0.4, -0.2) is 41.6 Å². The summed E-state index contributed by atoms with van der Waals surface area (Å²) in [4.78, 5) is 20.0. The molecule has 0 aliphatic heterocycles. The number of hydrogen-bond acceptors (Lipinski definition) is 5. The molecule has 8 heteroatoms. The van der Waals surface area contributed by atoms with Crippen LogP contribution in [0.3, 0.4) is 0 Å². The largest absolute Gasteiger partial charge is 0.393 e. The minimum atomic E-state index is -0.319. The topological polar surface area (TPSA) is 85.3 Å². The zero-order chi connectivity index (χ0) is 19.3. The third-order valence-corrected chi connectivity index (χ3v) is 5.15. The number of hydrogen-bond donors (Lipinski definition) is 1. The summed E-state index contributed by atoms with van der Waals surface area (Å²) in [5, 5.41) is 14.3. The lowest BCUT2D eigenvalue weighted by Gasteiger charge is -2.33. The predicted octanol–water partition coefficient (Wildman–Crippen LogP) is 2.91. The molecule has 0 spiro atoms. The van der Waals surface area contributed by atoms with Crippen molar-refractivity contribution in [3.63, 3.8) is 0 Å². The highest BCUT2D eigenvalue weighted by atomic mass is 19.1. The van der Waals surface area contributed by atoms with Gasteiger partial charge in [-0.3, -0.25) is 4.79 Å². The van der Waals surface area contributed by atoms with E-state index in [-0.39, 0.29) is 18.0 Å². The standard InChI is InChI=1S/C20H16FN5O2/c21-13-3-1-12(2-4-13)19-20(25(11-23-19)14-7-16(28)8-14)17-5-6-18-22-9-15(10-27)26(18)24-17/h1-6,9-11,14,16,28H,7-8H2. The monoisotopic (exact) mass is 377 g/mol. The number of carbonyl (C=O) groups is 1. The lowest BCUT2D eigenvalue weighted by atomic mass is 9.89. The summed E-state index contributed by atoms with van der Waals surface area (Å²) < 4.78 is 16.9. The summed E-state index contributed by atoms with van der Waals surface area (Å²) in [5.74, 6) is -0.319. The van der Waals surface area contributed by atoms with E-state index in [0.29, 0.717) is 41.9 Å². The average Bonchev–Trinajstić information content (AvgIpc) is 3.29. The molecule has 0 atom stereocenters. The lowest BCUT2D eigenvalue weighted by Crippen LogP contribution is -2.30.